The molecule has 0 fully saturated rings. The Bertz CT molecular complexity index is 1200. The van der Waals surface area contributed by atoms with E-state index in [1.165, 1.54) is 5.56 Å². The van der Waals surface area contributed by atoms with Gasteiger partial charge in [0, 0.05) is 42.5 Å². The molecule has 2 unspecified atom stereocenters. The number of nitrogens with zero attached hydrogens (tertiary/aromatic N) is 1. The lowest BCUT2D eigenvalue weighted by atomic mass is 9.78. The summed E-state index contributed by atoms with van der Waals surface area (Å²) in [5.74, 6) is 0.299. The molecule has 0 bridgehead atoms. The molecule has 32 heavy (non-hydrogen) atoms. The molecule has 4 nitrogen and oxygen atoms in total. The van der Waals surface area contributed by atoms with Gasteiger partial charge in [-0.3, -0.25) is 4.79 Å². The third-order valence-electron chi connectivity index (χ3n) is 6.41. The van der Waals surface area contributed by atoms with Gasteiger partial charge in [-0.2, -0.15) is 0 Å². The largest absolute Gasteiger partial charge is 0.378 e. The molecule has 5 heteroatoms. The first-order valence-electron chi connectivity index (χ1n) is 10.9. The van der Waals surface area contributed by atoms with Gasteiger partial charge in [0.15, 0.2) is 5.78 Å². The molecule has 3 aromatic carbocycles. The van der Waals surface area contributed by atoms with E-state index >= 15 is 0 Å². The Labute approximate surface area is 193 Å². The zero-order valence-electron chi connectivity index (χ0n) is 18.2. The monoisotopic (exact) mass is 443 g/mol. The minimum atomic E-state index is -0.292. The first kappa shape index (κ1) is 20.7. The maximum absolute atomic E-state index is 13.6. The fourth-order valence-corrected chi connectivity index (χ4v) is 4.96. The molecule has 3 aromatic rings. The summed E-state index contributed by atoms with van der Waals surface area (Å²) < 4.78 is 0. The number of fused-ring (bicyclic) bond motifs is 1. The van der Waals surface area contributed by atoms with E-state index in [9.17, 15) is 4.79 Å². The van der Waals surface area contributed by atoms with E-state index in [0.29, 0.717) is 11.4 Å². The number of carbonyl (C=O) groups excluding carboxylic acids is 1. The van der Waals surface area contributed by atoms with Crippen molar-refractivity contribution < 1.29 is 4.79 Å². The van der Waals surface area contributed by atoms with E-state index < -0.39 is 0 Å². The summed E-state index contributed by atoms with van der Waals surface area (Å²) in [4.78, 5) is 15.7. The summed E-state index contributed by atoms with van der Waals surface area (Å²) in [5, 5.41) is 7.83. The molecule has 0 spiro atoms. The van der Waals surface area contributed by atoms with E-state index in [1.54, 1.807) is 0 Å². The number of nitrogens with one attached hydrogen (secondary N) is 2. The Morgan fingerprint density at radius 1 is 0.875 bits per heavy atom. The number of rotatable bonds is 3. The molecule has 0 saturated carbocycles. The Morgan fingerprint density at radius 3 is 2.28 bits per heavy atom. The maximum atomic E-state index is 13.6. The second-order valence-corrected chi connectivity index (χ2v) is 9.08. The fraction of sp³-hybridized carbons (Fsp3) is 0.222. The van der Waals surface area contributed by atoms with E-state index in [2.05, 4.69) is 39.8 Å². The second-order valence-electron chi connectivity index (χ2n) is 8.68. The van der Waals surface area contributed by atoms with Crippen LogP contribution in [0.25, 0.3) is 0 Å². The van der Waals surface area contributed by atoms with Crippen LogP contribution in [0, 0.1) is 0 Å². The molecule has 2 aliphatic rings. The van der Waals surface area contributed by atoms with Crippen LogP contribution in [0.15, 0.2) is 84.1 Å². The van der Waals surface area contributed by atoms with Crippen LogP contribution in [0.5, 0.6) is 0 Å². The molecular weight excluding hydrogens is 418 g/mol. The highest BCUT2D eigenvalue weighted by Gasteiger charge is 2.36. The molecule has 2 atom stereocenters. The van der Waals surface area contributed by atoms with Crippen LogP contribution in [0.3, 0.4) is 0 Å². The lowest BCUT2D eigenvalue weighted by molar-refractivity contribution is -0.116. The molecule has 1 aliphatic heterocycles. The zero-order chi connectivity index (χ0) is 22.2. The van der Waals surface area contributed by atoms with Crippen molar-refractivity contribution in [3.63, 3.8) is 0 Å². The SMILES string of the molecule is CN(C)c1ccc(C2CC(=O)C3=C(C2)Nc2ccccc2NC3c2ccccc2Cl)cc1. The molecule has 1 aliphatic carbocycles. The third-order valence-corrected chi connectivity index (χ3v) is 6.75. The Balaban J connectivity index is 1.57. The van der Waals surface area contributed by atoms with E-state index in [1.807, 2.05) is 62.6 Å². The number of anilines is 3. The second kappa shape index (κ2) is 8.36. The van der Waals surface area contributed by atoms with E-state index in [-0.39, 0.29) is 17.7 Å². The summed E-state index contributed by atoms with van der Waals surface area (Å²) in [6.45, 7) is 0. The highest BCUT2D eigenvalue weighted by Crippen LogP contribution is 2.45. The lowest BCUT2D eigenvalue weighted by Crippen LogP contribution is -2.27. The highest BCUT2D eigenvalue weighted by molar-refractivity contribution is 6.31. The Morgan fingerprint density at radius 2 is 1.56 bits per heavy atom. The number of ketones is 1. The van der Waals surface area contributed by atoms with Gasteiger partial charge in [-0.15, -0.1) is 0 Å². The summed E-state index contributed by atoms with van der Waals surface area (Å²) >= 11 is 6.58. The topological polar surface area (TPSA) is 44.4 Å². The van der Waals surface area contributed by atoms with Crippen LogP contribution >= 0.6 is 11.6 Å². The predicted octanol–water partition coefficient (Wildman–Crippen LogP) is 6.39. The van der Waals surface area contributed by atoms with Crippen molar-refractivity contribution >= 4 is 34.4 Å². The number of halogens is 1. The first-order valence-corrected chi connectivity index (χ1v) is 11.3. The predicted molar refractivity (Wildman–Crippen MR) is 133 cm³/mol. The van der Waals surface area contributed by atoms with Crippen LogP contribution in [0.4, 0.5) is 17.1 Å². The van der Waals surface area contributed by atoms with Crippen LogP contribution in [0.2, 0.25) is 5.02 Å². The van der Waals surface area contributed by atoms with Gasteiger partial charge in [0.25, 0.3) is 0 Å². The molecule has 5 rings (SSSR count). The van der Waals surface area contributed by atoms with Gasteiger partial charge >= 0.3 is 0 Å². The van der Waals surface area contributed by atoms with Crippen molar-refractivity contribution in [3.05, 3.63) is 100 Å². The molecular formula is C27H26ClN3O. The highest BCUT2D eigenvalue weighted by atomic mass is 35.5. The number of allylic oxidation sites excluding steroid dienone is 1. The van der Waals surface area contributed by atoms with Gasteiger partial charge in [-0.25, -0.2) is 0 Å². The number of hydrogen-bond donors (Lipinski definition) is 2. The number of hydrogen-bond acceptors (Lipinski definition) is 4. The van der Waals surface area contributed by atoms with Crippen LogP contribution in [-0.2, 0) is 4.79 Å². The van der Waals surface area contributed by atoms with Crippen molar-refractivity contribution in [2.45, 2.75) is 24.8 Å². The third kappa shape index (κ3) is 3.76. The molecule has 0 amide bonds. The minimum absolute atomic E-state index is 0.141. The van der Waals surface area contributed by atoms with Crippen molar-refractivity contribution in [2.24, 2.45) is 0 Å². The summed E-state index contributed by atoms with van der Waals surface area (Å²) in [7, 11) is 4.07. The van der Waals surface area contributed by atoms with E-state index in [4.69, 9.17) is 11.6 Å². The van der Waals surface area contributed by atoms with E-state index in [0.717, 1.165) is 40.3 Å². The van der Waals surface area contributed by atoms with Gasteiger partial charge in [0.2, 0.25) is 0 Å². The van der Waals surface area contributed by atoms with Gasteiger partial charge in [0.1, 0.15) is 0 Å². The Kier molecular flexibility index (Phi) is 5.40. The quantitative estimate of drug-likeness (QED) is 0.492. The molecule has 2 N–H and O–H groups in total. The number of carbonyl (C=O) groups is 1. The molecule has 162 valence electrons. The standard InChI is InChI=1S/C27H26ClN3O/c1-31(2)19-13-11-17(12-14-19)18-15-24-26(25(32)16-18)27(20-7-3-4-8-21(20)28)30-23-10-6-5-9-22(23)29-24/h3-14,18,27,29-30H,15-16H2,1-2H3. The maximum Gasteiger partial charge on any atom is 0.163 e. The Hall–Kier alpha value is -3.24. The van der Waals surface area contributed by atoms with Gasteiger partial charge < -0.3 is 15.5 Å². The summed E-state index contributed by atoms with van der Waals surface area (Å²) in [6, 6.07) is 24.1. The first-order chi connectivity index (χ1) is 15.5. The summed E-state index contributed by atoms with van der Waals surface area (Å²) in [6.07, 6.45) is 1.26. The minimum Gasteiger partial charge on any atom is -0.378 e. The number of Topliss-reactive ketones (excluding diaryl/α,β-unsaturated/α-hetero) is 1. The average molecular weight is 444 g/mol. The summed E-state index contributed by atoms with van der Waals surface area (Å²) in [5.41, 5.74) is 6.97. The molecule has 0 saturated heterocycles. The van der Waals surface area contributed by atoms with Gasteiger partial charge in [-0.05, 0) is 53.8 Å². The fourth-order valence-electron chi connectivity index (χ4n) is 4.72. The molecule has 0 aromatic heterocycles. The number of benzene rings is 3. The van der Waals surface area contributed by atoms with Crippen LogP contribution in [-0.4, -0.2) is 19.9 Å². The number of para-hydroxylation sites is 2. The van der Waals surface area contributed by atoms with Gasteiger partial charge in [-0.1, -0.05) is 54.1 Å². The van der Waals surface area contributed by atoms with Crippen molar-refractivity contribution in [1.82, 2.24) is 0 Å². The van der Waals surface area contributed by atoms with Crippen LogP contribution < -0.4 is 15.5 Å². The van der Waals surface area contributed by atoms with Crippen molar-refractivity contribution in [1.29, 1.82) is 0 Å². The average Bonchev–Trinajstić information content (AvgIpc) is 2.96. The van der Waals surface area contributed by atoms with Crippen LogP contribution in [0.1, 0.15) is 35.9 Å². The smallest absolute Gasteiger partial charge is 0.163 e. The lowest BCUT2D eigenvalue weighted by Gasteiger charge is -2.30. The van der Waals surface area contributed by atoms with Crippen molar-refractivity contribution in [2.75, 3.05) is 29.6 Å². The van der Waals surface area contributed by atoms with Gasteiger partial charge in [0.05, 0.1) is 17.4 Å². The zero-order valence-corrected chi connectivity index (χ0v) is 19.0. The van der Waals surface area contributed by atoms with Crippen molar-refractivity contribution in [3.8, 4) is 0 Å². The molecule has 0 radical (unpaired) electrons. The normalized spacial score (nSPS) is 19.9. The molecule has 1 heterocycles.